The molecule has 0 aromatic heterocycles. The molecule has 0 fully saturated rings. The van der Waals surface area contributed by atoms with Crippen LogP contribution < -0.4 is 14.4 Å². The molecule has 0 spiro atoms. The van der Waals surface area contributed by atoms with Crippen molar-refractivity contribution in [3.05, 3.63) is 58.6 Å². The summed E-state index contributed by atoms with van der Waals surface area (Å²) in [7, 11) is 1.49. The molecule has 5 nitrogen and oxygen atoms in total. The number of halogens is 1. The van der Waals surface area contributed by atoms with Gasteiger partial charge in [-0.25, -0.2) is 4.90 Å². The van der Waals surface area contributed by atoms with Crippen molar-refractivity contribution in [3.63, 3.8) is 0 Å². The van der Waals surface area contributed by atoms with Gasteiger partial charge in [0.2, 0.25) is 0 Å². The first-order valence-corrected chi connectivity index (χ1v) is 9.02. The SMILES string of the molecule is CCCOc1ccc(C2=C(Cl)C(=O)N(c3cc(C)ccc3OC)C2=O)cc1. The lowest BCUT2D eigenvalue weighted by Gasteiger charge is -2.18. The molecule has 2 aromatic carbocycles. The van der Waals surface area contributed by atoms with Gasteiger partial charge in [-0.15, -0.1) is 0 Å². The van der Waals surface area contributed by atoms with Crippen molar-refractivity contribution in [2.45, 2.75) is 20.3 Å². The minimum absolute atomic E-state index is 0.106. The number of amides is 2. The van der Waals surface area contributed by atoms with E-state index in [1.165, 1.54) is 7.11 Å². The monoisotopic (exact) mass is 385 g/mol. The average Bonchev–Trinajstić information content (AvgIpc) is 2.89. The molecule has 0 saturated heterocycles. The van der Waals surface area contributed by atoms with Crippen molar-refractivity contribution >= 4 is 34.7 Å². The van der Waals surface area contributed by atoms with Gasteiger partial charge >= 0.3 is 0 Å². The third-order valence-corrected chi connectivity index (χ3v) is 4.57. The molecule has 27 heavy (non-hydrogen) atoms. The molecule has 3 rings (SSSR count). The smallest absolute Gasteiger partial charge is 0.277 e. The summed E-state index contributed by atoms with van der Waals surface area (Å²) in [5, 5.41) is -0.106. The van der Waals surface area contributed by atoms with E-state index in [1.54, 1.807) is 36.4 Å². The van der Waals surface area contributed by atoms with Crippen LogP contribution in [0.15, 0.2) is 47.5 Å². The van der Waals surface area contributed by atoms with E-state index in [4.69, 9.17) is 21.1 Å². The summed E-state index contributed by atoms with van der Waals surface area (Å²) in [4.78, 5) is 26.8. The summed E-state index contributed by atoms with van der Waals surface area (Å²) in [6, 6.07) is 12.3. The van der Waals surface area contributed by atoms with Gasteiger partial charge in [-0.2, -0.15) is 0 Å². The summed E-state index contributed by atoms with van der Waals surface area (Å²) in [5.41, 5.74) is 2.01. The fourth-order valence-electron chi connectivity index (χ4n) is 2.88. The zero-order valence-corrected chi connectivity index (χ0v) is 16.2. The van der Waals surface area contributed by atoms with E-state index in [2.05, 4.69) is 0 Å². The van der Waals surface area contributed by atoms with Gasteiger partial charge in [-0.3, -0.25) is 9.59 Å². The number of hydrogen-bond donors (Lipinski definition) is 0. The fraction of sp³-hybridized carbons (Fsp3) is 0.238. The third kappa shape index (κ3) is 3.55. The molecular weight excluding hydrogens is 366 g/mol. The normalized spacial score (nSPS) is 14.1. The number of ether oxygens (including phenoxy) is 2. The number of carbonyl (C=O) groups is 2. The summed E-state index contributed by atoms with van der Waals surface area (Å²) in [6.07, 6.45) is 0.902. The highest BCUT2D eigenvalue weighted by Crippen LogP contribution is 2.39. The lowest BCUT2D eigenvalue weighted by atomic mass is 10.1. The van der Waals surface area contributed by atoms with Crippen LogP contribution in [0.5, 0.6) is 11.5 Å². The minimum Gasteiger partial charge on any atom is -0.495 e. The van der Waals surface area contributed by atoms with E-state index >= 15 is 0 Å². The summed E-state index contributed by atoms with van der Waals surface area (Å²) < 4.78 is 10.9. The minimum atomic E-state index is -0.563. The molecule has 6 heteroatoms. The summed E-state index contributed by atoms with van der Waals surface area (Å²) in [5.74, 6) is 0.0886. The van der Waals surface area contributed by atoms with Crippen LogP contribution in [-0.4, -0.2) is 25.5 Å². The van der Waals surface area contributed by atoms with Crippen molar-refractivity contribution in [1.82, 2.24) is 0 Å². The molecule has 0 aliphatic carbocycles. The van der Waals surface area contributed by atoms with Crippen molar-refractivity contribution in [2.24, 2.45) is 0 Å². The zero-order valence-electron chi connectivity index (χ0n) is 15.4. The number of methoxy groups -OCH3 is 1. The number of carbonyl (C=O) groups excluding carboxylic acids is 2. The van der Waals surface area contributed by atoms with Gasteiger partial charge in [0, 0.05) is 0 Å². The van der Waals surface area contributed by atoms with Crippen molar-refractivity contribution in [3.8, 4) is 11.5 Å². The Morgan fingerprint density at radius 2 is 1.74 bits per heavy atom. The molecule has 0 radical (unpaired) electrons. The predicted molar refractivity (Wildman–Crippen MR) is 105 cm³/mol. The lowest BCUT2D eigenvalue weighted by molar-refractivity contribution is -0.119. The van der Waals surface area contributed by atoms with Crippen LogP contribution in [0.1, 0.15) is 24.5 Å². The van der Waals surface area contributed by atoms with Crippen LogP contribution in [0, 0.1) is 6.92 Å². The van der Waals surface area contributed by atoms with Gasteiger partial charge in [0.1, 0.15) is 16.5 Å². The molecule has 0 saturated carbocycles. The Kier molecular flexibility index (Phi) is 5.51. The van der Waals surface area contributed by atoms with Crippen LogP contribution in [-0.2, 0) is 9.59 Å². The number of imide groups is 1. The molecule has 1 aliphatic rings. The lowest BCUT2D eigenvalue weighted by Crippen LogP contribution is -2.31. The molecule has 1 aliphatic heterocycles. The van der Waals surface area contributed by atoms with Crippen LogP contribution in [0.3, 0.4) is 0 Å². The molecule has 0 N–H and O–H groups in total. The maximum absolute atomic E-state index is 13.0. The van der Waals surface area contributed by atoms with E-state index in [9.17, 15) is 9.59 Å². The van der Waals surface area contributed by atoms with E-state index in [0.29, 0.717) is 29.4 Å². The Morgan fingerprint density at radius 3 is 2.37 bits per heavy atom. The Morgan fingerprint density at radius 1 is 1.04 bits per heavy atom. The van der Waals surface area contributed by atoms with Gasteiger partial charge in [0.05, 0.1) is 25.0 Å². The highest BCUT2D eigenvalue weighted by molar-refractivity contribution is 6.60. The number of nitrogens with zero attached hydrogens (tertiary/aromatic N) is 1. The van der Waals surface area contributed by atoms with Gasteiger partial charge in [0.15, 0.2) is 0 Å². The number of hydrogen-bond acceptors (Lipinski definition) is 4. The molecule has 1 heterocycles. The summed E-state index contributed by atoms with van der Waals surface area (Å²) >= 11 is 6.26. The van der Waals surface area contributed by atoms with E-state index in [1.807, 2.05) is 19.9 Å². The topological polar surface area (TPSA) is 55.8 Å². The highest BCUT2D eigenvalue weighted by Gasteiger charge is 2.40. The number of rotatable bonds is 6. The van der Waals surface area contributed by atoms with Crippen LogP contribution >= 0.6 is 11.6 Å². The molecule has 0 atom stereocenters. The predicted octanol–water partition coefficient (Wildman–Crippen LogP) is 4.32. The third-order valence-electron chi connectivity index (χ3n) is 4.22. The maximum Gasteiger partial charge on any atom is 0.277 e. The number of anilines is 1. The van der Waals surface area contributed by atoms with Gasteiger partial charge in [0.25, 0.3) is 11.8 Å². The Labute approximate surface area is 163 Å². The standard InChI is InChI=1S/C21H20ClNO4/c1-4-11-27-15-8-6-14(7-9-15)18-19(22)21(25)23(20(18)24)16-12-13(2)5-10-17(16)26-3/h5-10,12H,4,11H2,1-3H3. The van der Waals surface area contributed by atoms with Crippen LogP contribution in [0.25, 0.3) is 5.57 Å². The Hall–Kier alpha value is -2.79. The fourth-order valence-corrected chi connectivity index (χ4v) is 3.16. The van der Waals surface area contributed by atoms with Crippen LogP contribution in [0.2, 0.25) is 0 Å². The van der Waals surface area contributed by atoms with Gasteiger partial charge < -0.3 is 9.47 Å². The maximum atomic E-state index is 13.0. The van der Waals surface area contributed by atoms with Crippen molar-refractivity contribution < 1.29 is 19.1 Å². The molecule has 140 valence electrons. The molecule has 0 unspecified atom stereocenters. The van der Waals surface area contributed by atoms with E-state index in [0.717, 1.165) is 16.9 Å². The second-order valence-corrected chi connectivity index (χ2v) is 6.56. The number of aryl methyl sites for hydroxylation is 1. The van der Waals surface area contributed by atoms with E-state index in [-0.39, 0.29) is 10.6 Å². The molecule has 2 amide bonds. The first-order valence-electron chi connectivity index (χ1n) is 8.64. The van der Waals surface area contributed by atoms with Crippen LogP contribution in [0.4, 0.5) is 5.69 Å². The van der Waals surface area contributed by atoms with E-state index < -0.39 is 11.8 Å². The Balaban J connectivity index is 1.96. The van der Waals surface area contributed by atoms with Gasteiger partial charge in [-0.05, 0) is 48.7 Å². The second kappa shape index (κ2) is 7.84. The zero-order chi connectivity index (χ0) is 19.6. The molecular formula is C21H20ClNO4. The van der Waals surface area contributed by atoms with Crippen molar-refractivity contribution in [2.75, 3.05) is 18.6 Å². The summed E-state index contributed by atoms with van der Waals surface area (Å²) in [6.45, 7) is 4.51. The largest absolute Gasteiger partial charge is 0.495 e. The first kappa shape index (κ1) is 19.0. The highest BCUT2D eigenvalue weighted by atomic mass is 35.5. The van der Waals surface area contributed by atoms with Gasteiger partial charge in [-0.1, -0.05) is 36.7 Å². The molecule has 0 bridgehead atoms. The Bertz CT molecular complexity index is 918. The quantitative estimate of drug-likeness (QED) is 0.695. The van der Waals surface area contributed by atoms with Crippen molar-refractivity contribution in [1.29, 1.82) is 0 Å². The molecule has 2 aromatic rings. The second-order valence-electron chi connectivity index (χ2n) is 6.18. The average molecular weight is 386 g/mol. The first-order chi connectivity index (χ1) is 13.0. The number of benzene rings is 2.